The summed E-state index contributed by atoms with van der Waals surface area (Å²) in [6.07, 6.45) is 0.597. The molecule has 1 aromatic carbocycles. The smallest absolute Gasteiger partial charge is 0.234 e. The molecular formula is C17H17N5O3S2. The van der Waals surface area contributed by atoms with Gasteiger partial charge >= 0.3 is 0 Å². The van der Waals surface area contributed by atoms with E-state index in [1.54, 1.807) is 25.1 Å². The first-order valence-electron chi connectivity index (χ1n) is 8.46. The second-order valence-electron chi connectivity index (χ2n) is 6.11. The van der Waals surface area contributed by atoms with Gasteiger partial charge in [0.2, 0.25) is 15.8 Å². The van der Waals surface area contributed by atoms with Gasteiger partial charge in [0.15, 0.2) is 5.78 Å². The van der Waals surface area contributed by atoms with Gasteiger partial charge in [-0.15, -0.1) is 21.5 Å². The van der Waals surface area contributed by atoms with Crippen molar-refractivity contribution in [2.24, 2.45) is 0 Å². The largest absolute Gasteiger partial charge is 0.292 e. The van der Waals surface area contributed by atoms with E-state index in [1.807, 2.05) is 17.5 Å². The molecule has 1 aliphatic heterocycles. The highest BCUT2D eigenvalue weighted by atomic mass is 32.2. The monoisotopic (exact) mass is 403 g/mol. The third-order valence-corrected chi connectivity index (χ3v) is 7.08. The average Bonchev–Trinajstić information content (AvgIpc) is 3.40. The zero-order valence-electron chi connectivity index (χ0n) is 14.6. The molecule has 1 aliphatic rings. The van der Waals surface area contributed by atoms with Crippen molar-refractivity contribution in [1.82, 2.24) is 20.2 Å². The molecule has 4 rings (SSSR count). The van der Waals surface area contributed by atoms with Crippen molar-refractivity contribution in [2.75, 3.05) is 16.6 Å². The Balaban J connectivity index is 1.52. The number of anilines is 1. The van der Waals surface area contributed by atoms with Gasteiger partial charge in [-0.05, 0) is 53.8 Å². The van der Waals surface area contributed by atoms with E-state index in [0.29, 0.717) is 30.0 Å². The van der Waals surface area contributed by atoms with Crippen molar-refractivity contribution < 1.29 is 13.2 Å². The van der Waals surface area contributed by atoms with E-state index in [9.17, 15) is 13.2 Å². The fraction of sp³-hybridized carbons (Fsp3) is 0.294. The minimum atomic E-state index is -3.29. The number of nitrogens with zero attached hydrogens (tertiary/aromatic N) is 5. The van der Waals surface area contributed by atoms with Crippen molar-refractivity contribution in [3.05, 3.63) is 46.8 Å². The quantitative estimate of drug-likeness (QED) is 0.584. The molecule has 27 heavy (non-hydrogen) atoms. The molecule has 0 N–H and O–H groups in total. The Kier molecular flexibility index (Phi) is 4.52. The molecule has 0 amide bonds. The summed E-state index contributed by atoms with van der Waals surface area (Å²) < 4.78 is 25.7. The van der Waals surface area contributed by atoms with Gasteiger partial charge in [0.05, 0.1) is 16.3 Å². The lowest BCUT2D eigenvalue weighted by atomic mass is 10.1. The maximum Gasteiger partial charge on any atom is 0.234 e. The SMILES string of the molecule is CCS(=O)(=O)N1CCc2cc(C(=O)Cn3nnc(-c4cccs4)n3)ccc21. The number of benzene rings is 1. The van der Waals surface area contributed by atoms with Crippen LogP contribution in [0.2, 0.25) is 0 Å². The summed E-state index contributed by atoms with van der Waals surface area (Å²) in [6.45, 7) is 2.02. The van der Waals surface area contributed by atoms with Crippen LogP contribution in [0.5, 0.6) is 0 Å². The van der Waals surface area contributed by atoms with Crippen molar-refractivity contribution in [3.8, 4) is 10.7 Å². The fourth-order valence-electron chi connectivity index (χ4n) is 3.02. The van der Waals surface area contributed by atoms with Gasteiger partial charge in [-0.1, -0.05) is 6.07 Å². The summed E-state index contributed by atoms with van der Waals surface area (Å²) >= 11 is 1.51. The Hall–Kier alpha value is -2.59. The zero-order chi connectivity index (χ0) is 19.0. The number of rotatable bonds is 6. The Labute approximate surface area is 160 Å². The molecule has 0 saturated carbocycles. The second kappa shape index (κ2) is 6.86. The number of tetrazole rings is 1. The van der Waals surface area contributed by atoms with Crippen molar-refractivity contribution in [2.45, 2.75) is 19.9 Å². The van der Waals surface area contributed by atoms with Crippen LogP contribution in [0.1, 0.15) is 22.8 Å². The number of hydrogen-bond acceptors (Lipinski definition) is 7. The molecule has 0 fully saturated rings. The van der Waals surface area contributed by atoms with Crippen LogP contribution < -0.4 is 4.31 Å². The molecule has 10 heteroatoms. The second-order valence-corrected chi connectivity index (χ2v) is 9.24. The number of fused-ring (bicyclic) bond motifs is 1. The lowest BCUT2D eigenvalue weighted by Crippen LogP contribution is -2.30. The summed E-state index contributed by atoms with van der Waals surface area (Å²) in [5.41, 5.74) is 2.04. The Bertz CT molecular complexity index is 1090. The average molecular weight is 403 g/mol. The van der Waals surface area contributed by atoms with Gasteiger partial charge in [-0.25, -0.2) is 8.42 Å². The molecule has 0 bridgehead atoms. The van der Waals surface area contributed by atoms with Gasteiger partial charge in [0, 0.05) is 12.1 Å². The Morgan fingerprint density at radius 1 is 1.30 bits per heavy atom. The van der Waals surface area contributed by atoms with E-state index in [1.165, 1.54) is 20.4 Å². The molecule has 0 atom stereocenters. The van der Waals surface area contributed by atoms with Crippen LogP contribution in [0.25, 0.3) is 10.7 Å². The lowest BCUT2D eigenvalue weighted by molar-refractivity contribution is 0.0961. The Morgan fingerprint density at radius 3 is 2.89 bits per heavy atom. The maximum absolute atomic E-state index is 12.6. The van der Waals surface area contributed by atoms with E-state index in [0.717, 1.165) is 10.4 Å². The molecule has 140 valence electrons. The number of sulfonamides is 1. The van der Waals surface area contributed by atoms with Gasteiger partial charge in [-0.2, -0.15) is 4.80 Å². The normalized spacial score (nSPS) is 13.7. The van der Waals surface area contributed by atoms with Crippen LogP contribution in [0, 0.1) is 0 Å². The molecule has 0 saturated heterocycles. The number of thiophene rings is 1. The molecule has 0 unspecified atom stereocenters. The number of aromatic nitrogens is 4. The first-order valence-corrected chi connectivity index (χ1v) is 10.9. The minimum Gasteiger partial charge on any atom is -0.292 e. The maximum atomic E-state index is 12.6. The molecule has 3 heterocycles. The van der Waals surface area contributed by atoms with Crippen LogP contribution in [0.4, 0.5) is 5.69 Å². The minimum absolute atomic E-state index is 0.0197. The van der Waals surface area contributed by atoms with E-state index >= 15 is 0 Å². The summed E-state index contributed by atoms with van der Waals surface area (Å²) in [5.74, 6) is 0.398. The van der Waals surface area contributed by atoms with Crippen LogP contribution in [-0.4, -0.2) is 46.7 Å². The molecular weight excluding hydrogens is 386 g/mol. The lowest BCUT2D eigenvalue weighted by Gasteiger charge is -2.18. The molecule has 0 radical (unpaired) electrons. The predicted molar refractivity (Wildman–Crippen MR) is 102 cm³/mol. The highest BCUT2D eigenvalue weighted by Gasteiger charge is 2.28. The Morgan fingerprint density at radius 2 is 2.15 bits per heavy atom. The predicted octanol–water partition coefficient (Wildman–Crippen LogP) is 2.00. The third kappa shape index (κ3) is 3.37. The summed E-state index contributed by atoms with van der Waals surface area (Å²) in [6, 6.07) is 8.92. The zero-order valence-corrected chi connectivity index (χ0v) is 16.2. The third-order valence-electron chi connectivity index (χ3n) is 4.43. The van der Waals surface area contributed by atoms with Crippen LogP contribution in [0.15, 0.2) is 35.7 Å². The summed E-state index contributed by atoms with van der Waals surface area (Å²) in [7, 11) is -3.29. The number of hydrogen-bond donors (Lipinski definition) is 0. The van der Waals surface area contributed by atoms with Crippen molar-refractivity contribution >= 4 is 32.8 Å². The summed E-state index contributed by atoms with van der Waals surface area (Å²) in [5, 5.41) is 14.1. The highest BCUT2D eigenvalue weighted by Crippen LogP contribution is 2.31. The van der Waals surface area contributed by atoms with Gasteiger partial charge in [0.25, 0.3) is 0 Å². The van der Waals surface area contributed by atoms with Gasteiger partial charge in [-0.3, -0.25) is 9.10 Å². The fourth-order valence-corrected chi connectivity index (χ4v) is 4.83. The first-order chi connectivity index (χ1) is 13.0. The van der Waals surface area contributed by atoms with E-state index in [2.05, 4.69) is 15.4 Å². The summed E-state index contributed by atoms with van der Waals surface area (Å²) in [4.78, 5) is 14.8. The van der Waals surface area contributed by atoms with E-state index < -0.39 is 10.0 Å². The van der Waals surface area contributed by atoms with Crippen molar-refractivity contribution in [3.63, 3.8) is 0 Å². The number of carbonyl (C=O) groups excluding carboxylic acids is 1. The van der Waals surface area contributed by atoms with E-state index in [4.69, 9.17) is 0 Å². The number of carbonyl (C=O) groups is 1. The van der Waals surface area contributed by atoms with Crippen LogP contribution in [-0.2, 0) is 23.0 Å². The van der Waals surface area contributed by atoms with Crippen LogP contribution >= 0.6 is 11.3 Å². The molecule has 8 nitrogen and oxygen atoms in total. The number of Topliss-reactive ketones (excluding diaryl/α,β-unsaturated/α-hetero) is 1. The number of ketones is 1. The van der Waals surface area contributed by atoms with Gasteiger partial charge < -0.3 is 0 Å². The topological polar surface area (TPSA) is 98.1 Å². The molecule has 0 aliphatic carbocycles. The van der Waals surface area contributed by atoms with Crippen LogP contribution in [0.3, 0.4) is 0 Å². The van der Waals surface area contributed by atoms with Crippen molar-refractivity contribution in [1.29, 1.82) is 0 Å². The highest BCUT2D eigenvalue weighted by molar-refractivity contribution is 7.92. The van der Waals surface area contributed by atoms with E-state index in [-0.39, 0.29) is 18.1 Å². The molecule has 0 spiro atoms. The molecule has 3 aromatic rings. The first kappa shape index (κ1) is 17.8. The molecule has 2 aromatic heterocycles. The van der Waals surface area contributed by atoms with Gasteiger partial charge in [0.1, 0.15) is 6.54 Å². The standard InChI is InChI=1S/C17H17N5O3S2/c1-2-27(24,25)21-8-7-12-10-13(5-6-14(12)21)15(23)11-22-19-17(18-20-22)16-4-3-9-26-16/h3-6,9-10H,2,7-8,11H2,1H3.